The number of nitrogens with zero attached hydrogens (tertiary/aromatic N) is 4. The third kappa shape index (κ3) is 1.51. The molecule has 0 amide bonds. The lowest BCUT2D eigenvalue weighted by Gasteiger charge is -2.23. The lowest BCUT2D eigenvalue weighted by molar-refractivity contribution is 0.305. The zero-order valence-corrected chi connectivity index (χ0v) is 11.0. The normalized spacial score (nSPS) is 31.6. The number of halogens is 1. The molecule has 2 aliphatic carbocycles. The van der Waals surface area contributed by atoms with Gasteiger partial charge in [-0.15, -0.1) is 5.10 Å². The van der Waals surface area contributed by atoms with Gasteiger partial charge in [-0.1, -0.05) is 22.0 Å². The first-order valence-electron chi connectivity index (χ1n) is 6.50. The third-order valence-electron chi connectivity index (χ3n) is 4.45. The van der Waals surface area contributed by atoms with Crippen molar-refractivity contribution < 1.29 is 5.21 Å². The Morgan fingerprint density at radius 3 is 3.11 bits per heavy atom. The van der Waals surface area contributed by atoms with Crippen LogP contribution in [0.2, 0.25) is 5.02 Å². The molecule has 0 saturated heterocycles. The van der Waals surface area contributed by atoms with Crippen LogP contribution < -0.4 is 0 Å². The quantitative estimate of drug-likeness (QED) is 0.643. The SMILES string of the molecule is O/N=C1\[C@H]2CC[C@@H](C2)[C@@H]1n1nnc2cc(Cl)ccc21. The van der Waals surface area contributed by atoms with Gasteiger partial charge in [-0.2, -0.15) is 0 Å². The Balaban J connectivity index is 1.86. The summed E-state index contributed by atoms with van der Waals surface area (Å²) in [7, 11) is 0. The van der Waals surface area contributed by atoms with Crippen molar-refractivity contribution >= 4 is 28.3 Å². The second kappa shape index (κ2) is 3.93. The molecule has 0 unspecified atom stereocenters. The van der Waals surface area contributed by atoms with Crippen LogP contribution >= 0.6 is 11.6 Å². The van der Waals surface area contributed by atoms with Gasteiger partial charge in [0.2, 0.25) is 0 Å². The fraction of sp³-hybridized carbons (Fsp3) is 0.462. The summed E-state index contributed by atoms with van der Waals surface area (Å²) in [5.41, 5.74) is 2.59. The first kappa shape index (κ1) is 11.2. The molecule has 98 valence electrons. The van der Waals surface area contributed by atoms with E-state index in [-0.39, 0.29) is 6.04 Å². The molecule has 5 nitrogen and oxygen atoms in total. The number of aromatic nitrogens is 3. The molecule has 1 N–H and O–H groups in total. The molecule has 2 aromatic rings. The van der Waals surface area contributed by atoms with E-state index in [1.54, 1.807) is 0 Å². The third-order valence-corrected chi connectivity index (χ3v) is 4.69. The van der Waals surface area contributed by atoms with Crippen LogP contribution in [0.5, 0.6) is 0 Å². The van der Waals surface area contributed by atoms with Crippen LogP contribution in [0.25, 0.3) is 11.0 Å². The van der Waals surface area contributed by atoms with Gasteiger partial charge in [0.05, 0.1) is 17.3 Å². The van der Waals surface area contributed by atoms with Crippen molar-refractivity contribution in [1.82, 2.24) is 15.0 Å². The summed E-state index contributed by atoms with van der Waals surface area (Å²) in [5.74, 6) is 0.919. The van der Waals surface area contributed by atoms with Crippen LogP contribution in [-0.4, -0.2) is 25.9 Å². The smallest absolute Gasteiger partial charge is 0.114 e. The van der Waals surface area contributed by atoms with Gasteiger partial charge >= 0.3 is 0 Å². The van der Waals surface area contributed by atoms with Crippen LogP contribution in [0.3, 0.4) is 0 Å². The molecule has 4 rings (SSSR count). The van der Waals surface area contributed by atoms with E-state index in [2.05, 4.69) is 15.5 Å². The summed E-state index contributed by atoms with van der Waals surface area (Å²) in [4.78, 5) is 0. The van der Waals surface area contributed by atoms with Gasteiger partial charge in [0.1, 0.15) is 5.52 Å². The fourth-order valence-electron chi connectivity index (χ4n) is 3.64. The van der Waals surface area contributed by atoms with Crippen molar-refractivity contribution in [1.29, 1.82) is 0 Å². The van der Waals surface area contributed by atoms with E-state index in [0.717, 1.165) is 29.6 Å². The van der Waals surface area contributed by atoms with Crippen LogP contribution in [0.4, 0.5) is 0 Å². The van der Waals surface area contributed by atoms with Crippen LogP contribution in [-0.2, 0) is 0 Å². The second-order valence-electron chi connectivity index (χ2n) is 5.41. The summed E-state index contributed by atoms with van der Waals surface area (Å²) in [6, 6.07) is 5.63. The van der Waals surface area contributed by atoms with E-state index in [0.29, 0.717) is 16.9 Å². The van der Waals surface area contributed by atoms with Gasteiger partial charge in [-0.3, -0.25) is 0 Å². The molecular weight excluding hydrogens is 264 g/mol. The Bertz CT molecular complexity index is 680. The molecule has 0 spiro atoms. The average molecular weight is 277 g/mol. The molecule has 1 aromatic carbocycles. The minimum Gasteiger partial charge on any atom is -0.411 e. The molecule has 19 heavy (non-hydrogen) atoms. The largest absolute Gasteiger partial charge is 0.411 e. The maximum Gasteiger partial charge on any atom is 0.114 e. The summed E-state index contributed by atoms with van der Waals surface area (Å²) in [6.07, 6.45) is 3.39. The monoisotopic (exact) mass is 276 g/mol. The Hall–Kier alpha value is -1.62. The van der Waals surface area contributed by atoms with Crippen molar-refractivity contribution in [3.05, 3.63) is 23.2 Å². The molecule has 2 fully saturated rings. The van der Waals surface area contributed by atoms with Crippen molar-refractivity contribution in [2.24, 2.45) is 17.0 Å². The number of rotatable bonds is 1. The standard InChI is InChI=1S/C13H13ClN4O/c14-9-3-4-11-10(6-9)15-17-18(11)13-8-2-1-7(5-8)12(13)16-19/h3-4,6-8,13,19H,1-2,5H2/b16-12+/t7-,8-,13-/m0/s1. The van der Waals surface area contributed by atoms with E-state index in [9.17, 15) is 5.21 Å². The minimum atomic E-state index is 0.0509. The zero-order valence-electron chi connectivity index (χ0n) is 10.2. The molecule has 0 radical (unpaired) electrons. The highest BCUT2D eigenvalue weighted by Crippen LogP contribution is 2.49. The maximum atomic E-state index is 9.28. The highest BCUT2D eigenvalue weighted by Gasteiger charge is 2.47. The lowest BCUT2D eigenvalue weighted by atomic mass is 9.93. The van der Waals surface area contributed by atoms with Crippen molar-refractivity contribution in [2.45, 2.75) is 25.3 Å². The Labute approximate surface area is 114 Å². The van der Waals surface area contributed by atoms with Crippen molar-refractivity contribution in [3.8, 4) is 0 Å². The highest BCUT2D eigenvalue weighted by atomic mass is 35.5. The van der Waals surface area contributed by atoms with E-state index in [4.69, 9.17) is 11.6 Å². The summed E-state index contributed by atoms with van der Waals surface area (Å²) in [6.45, 7) is 0. The van der Waals surface area contributed by atoms with Gasteiger partial charge in [0.15, 0.2) is 0 Å². The van der Waals surface area contributed by atoms with Gasteiger partial charge in [0.25, 0.3) is 0 Å². The van der Waals surface area contributed by atoms with E-state index >= 15 is 0 Å². The van der Waals surface area contributed by atoms with Gasteiger partial charge < -0.3 is 5.21 Å². The van der Waals surface area contributed by atoms with Crippen LogP contribution in [0, 0.1) is 11.8 Å². The zero-order chi connectivity index (χ0) is 13.0. The Morgan fingerprint density at radius 1 is 1.37 bits per heavy atom. The number of fused-ring (bicyclic) bond motifs is 3. The van der Waals surface area contributed by atoms with Crippen LogP contribution in [0.1, 0.15) is 25.3 Å². The average Bonchev–Trinajstić information content (AvgIpc) is 3.10. The maximum absolute atomic E-state index is 9.28. The topological polar surface area (TPSA) is 63.3 Å². The number of benzene rings is 1. The molecule has 1 aromatic heterocycles. The fourth-order valence-corrected chi connectivity index (χ4v) is 3.81. The molecule has 2 aliphatic rings. The Kier molecular flexibility index (Phi) is 2.33. The second-order valence-corrected chi connectivity index (χ2v) is 5.84. The van der Waals surface area contributed by atoms with Crippen molar-refractivity contribution in [2.75, 3.05) is 0 Å². The van der Waals surface area contributed by atoms with Crippen LogP contribution in [0.15, 0.2) is 23.4 Å². The molecule has 1 heterocycles. The molecule has 3 atom stereocenters. The Morgan fingerprint density at radius 2 is 2.26 bits per heavy atom. The van der Waals surface area contributed by atoms with Gasteiger partial charge in [-0.05, 0) is 43.4 Å². The number of hydrogen-bond donors (Lipinski definition) is 1. The summed E-state index contributed by atoms with van der Waals surface area (Å²) in [5, 5.41) is 21.9. The summed E-state index contributed by atoms with van der Waals surface area (Å²) >= 11 is 5.97. The van der Waals surface area contributed by atoms with Crippen molar-refractivity contribution in [3.63, 3.8) is 0 Å². The van der Waals surface area contributed by atoms with Gasteiger partial charge in [-0.25, -0.2) is 4.68 Å². The molecular formula is C13H13ClN4O. The predicted molar refractivity (Wildman–Crippen MR) is 71.6 cm³/mol. The lowest BCUT2D eigenvalue weighted by Crippen LogP contribution is -2.26. The minimum absolute atomic E-state index is 0.0509. The first-order chi connectivity index (χ1) is 9.28. The van der Waals surface area contributed by atoms with E-state index in [1.165, 1.54) is 6.42 Å². The first-order valence-corrected chi connectivity index (χ1v) is 6.88. The van der Waals surface area contributed by atoms with E-state index < -0.39 is 0 Å². The molecule has 2 bridgehead atoms. The summed E-state index contributed by atoms with van der Waals surface area (Å²) < 4.78 is 1.89. The number of oxime groups is 1. The molecule has 0 aliphatic heterocycles. The van der Waals surface area contributed by atoms with Gasteiger partial charge in [0, 0.05) is 10.9 Å². The highest BCUT2D eigenvalue weighted by molar-refractivity contribution is 6.31. The molecule has 6 heteroatoms. The van der Waals surface area contributed by atoms with E-state index in [1.807, 2.05) is 22.9 Å². The predicted octanol–water partition coefficient (Wildman–Crippen LogP) is 2.89. The molecule has 2 saturated carbocycles. The number of hydrogen-bond acceptors (Lipinski definition) is 4.